The van der Waals surface area contributed by atoms with Crippen LogP contribution in [0.5, 0.6) is 0 Å². The molecule has 0 amide bonds. The Kier molecular flexibility index (Phi) is 3.38. The molecule has 2 N–H and O–H groups in total. The summed E-state index contributed by atoms with van der Waals surface area (Å²) in [5.41, 5.74) is 1.11. The quantitative estimate of drug-likeness (QED) is 0.772. The topological polar surface area (TPSA) is 44.9 Å². The van der Waals surface area contributed by atoms with Gasteiger partial charge in [0.25, 0.3) is 0 Å². The number of hydrogen-bond acceptors (Lipinski definition) is 2. The molecule has 3 heteroatoms. The molecule has 2 atom stereocenters. The van der Waals surface area contributed by atoms with Crippen LogP contribution in [-0.2, 0) is 4.79 Å². The molecule has 1 aromatic heterocycles. The van der Waals surface area contributed by atoms with E-state index < -0.39 is 0 Å². The van der Waals surface area contributed by atoms with Crippen molar-refractivity contribution in [1.29, 1.82) is 0 Å². The summed E-state index contributed by atoms with van der Waals surface area (Å²) in [6, 6.07) is 3.94. The maximum Gasteiger partial charge on any atom is 0.159 e. The zero-order valence-electron chi connectivity index (χ0n) is 10.9. The van der Waals surface area contributed by atoms with Gasteiger partial charge in [-0.15, -0.1) is 0 Å². The number of aromatic amines is 1. The van der Waals surface area contributed by atoms with Gasteiger partial charge in [-0.1, -0.05) is 20.3 Å². The minimum Gasteiger partial charge on any atom is -0.364 e. The molecular weight excluding hydrogens is 212 g/mol. The van der Waals surface area contributed by atoms with Crippen LogP contribution in [0.1, 0.15) is 44.7 Å². The monoisotopic (exact) mass is 234 g/mol. The van der Waals surface area contributed by atoms with Crippen molar-refractivity contribution in [2.45, 2.75) is 45.1 Å². The molecule has 0 aliphatic heterocycles. The molecule has 0 spiro atoms. The molecule has 2 rings (SSSR count). The predicted octanol–water partition coefficient (Wildman–Crippen LogP) is 2.47. The molecule has 1 aliphatic carbocycles. The standard InChI is InChI=1S/C14H22N2O/c1-14(2)8-4-6-10(11-7-5-9-16-11)12(17)13(14)15-3/h5,7,9-10,13,15-16H,4,6,8H2,1-3H3. The van der Waals surface area contributed by atoms with Gasteiger partial charge in [0.05, 0.1) is 12.0 Å². The third-order valence-corrected chi connectivity index (χ3v) is 4.01. The molecule has 1 fully saturated rings. The van der Waals surface area contributed by atoms with Crippen LogP contribution < -0.4 is 5.32 Å². The second-order valence-corrected chi connectivity index (χ2v) is 5.68. The Balaban J connectivity index is 2.29. The summed E-state index contributed by atoms with van der Waals surface area (Å²) >= 11 is 0. The third kappa shape index (κ3) is 2.29. The Morgan fingerprint density at radius 2 is 2.24 bits per heavy atom. The van der Waals surface area contributed by atoms with Crippen LogP contribution in [-0.4, -0.2) is 23.9 Å². The first kappa shape index (κ1) is 12.4. The molecular formula is C14H22N2O. The first-order valence-corrected chi connectivity index (χ1v) is 6.40. The Labute approximate surface area is 103 Å². The van der Waals surface area contributed by atoms with Crippen LogP contribution in [0.4, 0.5) is 0 Å². The molecule has 1 aliphatic rings. The molecule has 1 heterocycles. The molecule has 0 aromatic carbocycles. The number of carbonyl (C=O) groups excluding carboxylic acids is 1. The van der Waals surface area contributed by atoms with Gasteiger partial charge in [-0.3, -0.25) is 4.79 Å². The van der Waals surface area contributed by atoms with Crippen molar-refractivity contribution < 1.29 is 4.79 Å². The first-order valence-electron chi connectivity index (χ1n) is 6.40. The zero-order valence-corrected chi connectivity index (χ0v) is 10.9. The van der Waals surface area contributed by atoms with Crippen molar-refractivity contribution in [2.24, 2.45) is 5.41 Å². The average Bonchev–Trinajstić information content (AvgIpc) is 2.74. The van der Waals surface area contributed by atoms with E-state index in [1.165, 1.54) is 0 Å². The molecule has 1 aromatic rings. The van der Waals surface area contributed by atoms with Gasteiger partial charge in [-0.25, -0.2) is 0 Å². The lowest BCUT2D eigenvalue weighted by Gasteiger charge is -2.32. The van der Waals surface area contributed by atoms with E-state index in [1.807, 2.05) is 25.4 Å². The molecule has 2 unspecified atom stereocenters. The molecule has 17 heavy (non-hydrogen) atoms. The summed E-state index contributed by atoms with van der Waals surface area (Å²) in [7, 11) is 1.89. The second kappa shape index (κ2) is 4.65. The number of ketones is 1. The summed E-state index contributed by atoms with van der Waals surface area (Å²) in [4.78, 5) is 15.8. The zero-order chi connectivity index (χ0) is 12.5. The summed E-state index contributed by atoms with van der Waals surface area (Å²) in [5, 5.41) is 3.21. The number of hydrogen-bond donors (Lipinski definition) is 2. The fraction of sp³-hybridized carbons (Fsp3) is 0.643. The van der Waals surface area contributed by atoms with E-state index in [1.54, 1.807) is 0 Å². The highest BCUT2D eigenvalue weighted by Gasteiger charge is 2.40. The summed E-state index contributed by atoms with van der Waals surface area (Å²) in [6.45, 7) is 4.37. The minimum atomic E-state index is -0.0432. The van der Waals surface area contributed by atoms with Crippen molar-refractivity contribution in [1.82, 2.24) is 10.3 Å². The molecule has 94 valence electrons. The van der Waals surface area contributed by atoms with Crippen LogP contribution in [0.15, 0.2) is 18.3 Å². The van der Waals surface area contributed by atoms with Crippen molar-refractivity contribution in [3.05, 3.63) is 24.0 Å². The molecule has 0 bridgehead atoms. The normalized spacial score (nSPS) is 29.0. The van der Waals surface area contributed by atoms with Crippen molar-refractivity contribution in [3.8, 4) is 0 Å². The number of rotatable bonds is 2. The van der Waals surface area contributed by atoms with Gasteiger partial charge in [0, 0.05) is 11.9 Å². The molecule has 1 saturated carbocycles. The van der Waals surface area contributed by atoms with E-state index in [2.05, 4.69) is 24.1 Å². The number of nitrogens with one attached hydrogen (secondary N) is 2. The maximum atomic E-state index is 12.6. The lowest BCUT2D eigenvalue weighted by Crippen LogP contribution is -2.46. The highest BCUT2D eigenvalue weighted by atomic mass is 16.1. The van der Waals surface area contributed by atoms with Crippen LogP contribution in [0.2, 0.25) is 0 Å². The number of Topliss-reactive ketones (excluding diaryl/α,β-unsaturated/α-hetero) is 1. The van der Waals surface area contributed by atoms with E-state index in [0.29, 0.717) is 5.78 Å². The van der Waals surface area contributed by atoms with E-state index in [4.69, 9.17) is 0 Å². The van der Waals surface area contributed by atoms with E-state index in [9.17, 15) is 4.79 Å². The van der Waals surface area contributed by atoms with Crippen LogP contribution in [0, 0.1) is 5.41 Å². The van der Waals surface area contributed by atoms with E-state index in [0.717, 1.165) is 25.0 Å². The Hall–Kier alpha value is -1.09. The number of likely N-dealkylation sites (N-methyl/N-ethyl adjacent to an activating group) is 1. The summed E-state index contributed by atoms with van der Waals surface area (Å²) in [5.74, 6) is 0.363. The van der Waals surface area contributed by atoms with Gasteiger partial charge in [-0.2, -0.15) is 0 Å². The fourth-order valence-corrected chi connectivity index (χ4v) is 3.04. The van der Waals surface area contributed by atoms with Crippen molar-refractivity contribution in [2.75, 3.05) is 7.05 Å². The Morgan fingerprint density at radius 1 is 1.47 bits per heavy atom. The number of carbonyl (C=O) groups is 1. The number of H-pyrrole nitrogens is 1. The van der Waals surface area contributed by atoms with Gasteiger partial charge in [0.15, 0.2) is 5.78 Å². The lowest BCUT2D eigenvalue weighted by atomic mass is 9.79. The SMILES string of the molecule is CNC1C(=O)C(c2ccc[nH]2)CCCC1(C)C. The van der Waals surface area contributed by atoms with Crippen molar-refractivity contribution >= 4 is 5.78 Å². The third-order valence-electron chi connectivity index (χ3n) is 4.01. The smallest absolute Gasteiger partial charge is 0.159 e. The predicted molar refractivity (Wildman–Crippen MR) is 69.0 cm³/mol. The van der Waals surface area contributed by atoms with Crippen LogP contribution in [0.25, 0.3) is 0 Å². The summed E-state index contributed by atoms with van der Waals surface area (Å²) < 4.78 is 0. The molecule has 3 nitrogen and oxygen atoms in total. The Morgan fingerprint density at radius 3 is 2.82 bits per heavy atom. The highest BCUT2D eigenvalue weighted by Crippen LogP contribution is 2.37. The molecule has 0 radical (unpaired) electrons. The maximum absolute atomic E-state index is 12.6. The van der Waals surface area contributed by atoms with Crippen LogP contribution in [0.3, 0.4) is 0 Å². The van der Waals surface area contributed by atoms with Crippen LogP contribution >= 0.6 is 0 Å². The first-order chi connectivity index (χ1) is 8.06. The average molecular weight is 234 g/mol. The van der Waals surface area contributed by atoms with Gasteiger partial charge in [-0.05, 0) is 37.4 Å². The lowest BCUT2D eigenvalue weighted by molar-refractivity contribution is -0.124. The Bertz CT molecular complexity index is 381. The van der Waals surface area contributed by atoms with Gasteiger partial charge in [0.2, 0.25) is 0 Å². The largest absolute Gasteiger partial charge is 0.364 e. The summed E-state index contributed by atoms with van der Waals surface area (Å²) in [6.07, 6.45) is 5.07. The van der Waals surface area contributed by atoms with E-state index >= 15 is 0 Å². The fourth-order valence-electron chi connectivity index (χ4n) is 3.04. The molecule has 0 saturated heterocycles. The van der Waals surface area contributed by atoms with E-state index in [-0.39, 0.29) is 17.4 Å². The number of aromatic nitrogens is 1. The van der Waals surface area contributed by atoms with Gasteiger partial charge >= 0.3 is 0 Å². The minimum absolute atomic E-state index is 0.0317. The van der Waals surface area contributed by atoms with Crippen molar-refractivity contribution in [3.63, 3.8) is 0 Å². The van der Waals surface area contributed by atoms with Gasteiger partial charge in [0.1, 0.15) is 0 Å². The second-order valence-electron chi connectivity index (χ2n) is 5.68. The highest BCUT2D eigenvalue weighted by molar-refractivity contribution is 5.91. The van der Waals surface area contributed by atoms with Gasteiger partial charge < -0.3 is 10.3 Å².